The van der Waals surface area contributed by atoms with E-state index in [0.717, 1.165) is 38.5 Å². The Morgan fingerprint density at radius 3 is 2.56 bits per heavy atom. The summed E-state index contributed by atoms with van der Waals surface area (Å²) in [6.45, 7) is 2.20. The predicted molar refractivity (Wildman–Crippen MR) is 115 cm³/mol. The van der Waals surface area contributed by atoms with E-state index in [1.165, 1.54) is 18.4 Å². The molecule has 1 unspecified atom stereocenters. The SMILES string of the molecule is CCCC/C=C\C[C@@H]1[C@@H](CC[C@H](CCc2ccccc2)OP)[C@H](O)C[C@@H]1O. The van der Waals surface area contributed by atoms with E-state index >= 15 is 0 Å². The summed E-state index contributed by atoms with van der Waals surface area (Å²) in [7, 11) is 2.40. The molecule has 1 fully saturated rings. The van der Waals surface area contributed by atoms with Crippen LogP contribution in [0.3, 0.4) is 0 Å². The van der Waals surface area contributed by atoms with Crippen molar-refractivity contribution in [3.05, 3.63) is 48.0 Å². The van der Waals surface area contributed by atoms with Gasteiger partial charge < -0.3 is 14.7 Å². The zero-order valence-electron chi connectivity index (χ0n) is 16.7. The molecule has 1 aliphatic rings. The molecule has 152 valence electrons. The van der Waals surface area contributed by atoms with Crippen molar-refractivity contribution in [2.75, 3.05) is 0 Å². The topological polar surface area (TPSA) is 49.7 Å². The predicted octanol–water partition coefficient (Wildman–Crippen LogP) is 5.07. The number of rotatable bonds is 12. The minimum absolute atomic E-state index is 0.162. The van der Waals surface area contributed by atoms with Crippen LogP contribution >= 0.6 is 9.47 Å². The van der Waals surface area contributed by atoms with Crippen molar-refractivity contribution in [3.63, 3.8) is 0 Å². The summed E-state index contributed by atoms with van der Waals surface area (Å²) in [6.07, 6.45) is 12.5. The van der Waals surface area contributed by atoms with Crippen LogP contribution < -0.4 is 0 Å². The summed E-state index contributed by atoms with van der Waals surface area (Å²) in [5, 5.41) is 20.8. The van der Waals surface area contributed by atoms with Crippen LogP contribution in [-0.2, 0) is 10.9 Å². The number of hydrogen-bond acceptors (Lipinski definition) is 3. The van der Waals surface area contributed by atoms with Gasteiger partial charge in [0.25, 0.3) is 0 Å². The minimum Gasteiger partial charge on any atom is -0.393 e. The number of allylic oxidation sites excluding steroid dienone is 2. The van der Waals surface area contributed by atoms with Crippen molar-refractivity contribution in [3.8, 4) is 0 Å². The Bertz CT molecular complexity index is 534. The molecule has 0 radical (unpaired) electrons. The van der Waals surface area contributed by atoms with Crippen molar-refractivity contribution in [2.24, 2.45) is 11.8 Å². The van der Waals surface area contributed by atoms with Gasteiger partial charge in [0.15, 0.2) is 0 Å². The van der Waals surface area contributed by atoms with Gasteiger partial charge in [-0.25, -0.2) is 0 Å². The molecular weight excluding hydrogens is 355 g/mol. The quantitative estimate of drug-likeness (QED) is 0.297. The molecule has 0 bridgehead atoms. The lowest BCUT2D eigenvalue weighted by Crippen LogP contribution is -2.23. The number of hydrogen-bond donors (Lipinski definition) is 2. The van der Waals surface area contributed by atoms with E-state index in [1.807, 2.05) is 6.07 Å². The van der Waals surface area contributed by atoms with E-state index in [9.17, 15) is 10.2 Å². The molecule has 1 aliphatic carbocycles. The van der Waals surface area contributed by atoms with Gasteiger partial charge in [0.1, 0.15) is 0 Å². The monoisotopic (exact) mass is 392 g/mol. The maximum atomic E-state index is 10.4. The average Bonchev–Trinajstić information content (AvgIpc) is 2.95. The van der Waals surface area contributed by atoms with Gasteiger partial charge in [0.05, 0.1) is 18.3 Å². The zero-order valence-corrected chi connectivity index (χ0v) is 17.8. The first-order valence-electron chi connectivity index (χ1n) is 10.6. The van der Waals surface area contributed by atoms with E-state index < -0.39 is 6.10 Å². The van der Waals surface area contributed by atoms with E-state index in [4.69, 9.17) is 4.52 Å². The Balaban J connectivity index is 1.81. The van der Waals surface area contributed by atoms with Crippen LogP contribution in [0.4, 0.5) is 0 Å². The van der Waals surface area contributed by atoms with Gasteiger partial charge in [0.2, 0.25) is 0 Å². The molecule has 0 aliphatic heterocycles. The van der Waals surface area contributed by atoms with Crippen LogP contribution in [0.1, 0.15) is 63.9 Å². The van der Waals surface area contributed by atoms with Crippen molar-refractivity contribution >= 4 is 9.47 Å². The van der Waals surface area contributed by atoms with Crippen LogP contribution in [0, 0.1) is 11.8 Å². The minimum atomic E-state index is -0.395. The molecule has 1 aromatic carbocycles. The van der Waals surface area contributed by atoms with E-state index in [1.54, 1.807) is 0 Å². The first-order chi connectivity index (χ1) is 13.2. The lowest BCUT2D eigenvalue weighted by atomic mass is 9.85. The molecule has 6 atom stereocenters. The molecule has 0 aromatic heterocycles. The van der Waals surface area contributed by atoms with Gasteiger partial charge in [-0.15, -0.1) is 0 Å². The Labute approximate surface area is 167 Å². The van der Waals surface area contributed by atoms with Crippen molar-refractivity contribution in [1.29, 1.82) is 0 Å². The summed E-state index contributed by atoms with van der Waals surface area (Å²) >= 11 is 0. The van der Waals surface area contributed by atoms with Gasteiger partial charge in [-0.05, 0) is 62.3 Å². The third-order valence-electron chi connectivity index (χ3n) is 5.93. The molecule has 4 heteroatoms. The number of aryl methyl sites for hydroxylation is 1. The molecule has 1 aromatic rings. The van der Waals surface area contributed by atoms with Crippen LogP contribution in [0.5, 0.6) is 0 Å². The van der Waals surface area contributed by atoms with Crippen LogP contribution in [0.2, 0.25) is 0 Å². The highest BCUT2D eigenvalue weighted by molar-refractivity contribution is 7.09. The lowest BCUT2D eigenvalue weighted by molar-refractivity contribution is 0.0956. The highest BCUT2D eigenvalue weighted by atomic mass is 31.0. The highest BCUT2D eigenvalue weighted by Crippen LogP contribution is 2.38. The van der Waals surface area contributed by atoms with Crippen LogP contribution in [0.15, 0.2) is 42.5 Å². The van der Waals surface area contributed by atoms with Crippen LogP contribution in [-0.4, -0.2) is 28.5 Å². The molecule has 0 amide bonds. The average molecular weight is 393 g/mol. The van der Waals surface area contributed by atoms with Gasteiger partial charge in [0, 0.05) is 9.47 Å². The maximum Gasteiger partial charge on any atom is 0.0614 e. The largest absolute Gasteiger partial charge is 0.393 e. The highest BCUT2D eigenvalue weighted by Gasteiger charge is 2.40. The van der Waals surface area contributed by atoms with Crippen LogP contribution in [0.25, 0.3) is 0 Å². The smallest absolute Gasteiger partial charge is 0.0614 e. The standard InChI is InChI=1S/C23H37O3P/c1-2-3-4-5-9-12-20-21(23(25)17-22(20)24)16-15-19(26-27)14-13-18-10-7-6-8-11-18/h5-11,19-25H,2-4,12-17,27H2,1H3/b9-5-/t19-,20+,21+,22-,23+/m0/s1. The Kier molecular flexibility index (Phi) is 10.6. The molecule has 2 N–H and O–H groups in total. The lowest BCUT2D eigenvalue weighted by Gasteiger charge is -2.24. The third kappa shape index (κ3) is 7.66. The van der Waals surface area contributed by atoms with Crippen molar-refractivity contribution in [2.45, 2.75) is 83.0 Å². The summed E-state index contributed by atoms with van der Waals surface area (Å²) in [6, 6.07) is 10.5. The summed E-state index contributed by atoms with van der Waals surface area (Å²) < 4.78 is 5.61. The number of aliphatic hydroxyl groups is 2. The van der Waals surface area contributed by atoms with Crippen molar-refractivity contribution < 1.29 is 14.7 Å². The first kappa shape index (κ1) is 22.6. The van der Waals surface area contributed by atoms with Gasteiger partial charge in [-0.2, -0.15) is 0 Å². The fraction of sp³-hybridized carbons (Fsp3) is 0.652. The summed E-state index contributed by atoms with van der Waals surface area (Å²) in [5.74, 6) is 0.326. The first-order valence-corrected chi connectivity index (χ1v) is 11.0. The molecule has 2 rings (SSSR count). The molecule has 27 heavy (non-hydrogen) atoms. The van der Waals surface area contributed by atoms with E-state index in [0.29, 0.717) is 6.42 Å². The number of benzene rings is 1. The Morgan fingerprint density at radius 2 is 1.85 bits per heavy atom. The zero-order chi connectivity index (χ0) is 19.5. The van der Waals surface area contributed by atoms with Crippen molar-refractivity contribution in [1.82, 2.24) is 0 Å². The fourth-order valence-electron chi connectivity index (χ4n) is 4.23. The Hall–Kier alpha value is -0.730. The van der Waals surface area contributed by atoms with Gasteiger partial charge in [-0.3, -0.25) is 0 Å². The Morgan fingerprint density at radius 1 is 1.11 bits per heavy atom. The number of aliphatic hydroxyl groups excluding tert-OH is 2. The molecule has 0 spiro atoms. The molecule has 0 heterocycles. The second kappa shape index (κ2) is 12.7. The molecule has 0 saturated heterocycles. The number of unbranched alkanes of at least 4 members (excludes halogenated alkanes) is 2. The molecule has 1 saturated carbocycles. The van der Waals surface area contributed by atoms with E-state index in [2.05, 4.69) is 52.8 Å². The summed E-state index contributed by atoms with van der Waals surface area (Å²) in [5.41, 5.74) is 1.33. The van der Waals surface area contributed by atoms with Gasteiger partial charge >= 0.3 is 0 Å². The fourth-order valence-corrected chi connectivity index (χ4v) is 4.50. The second-order valence-electron chi connectivity index (χ2n) is 7.91. The maximum absolute atomic E-state index is 10.4. The van der Waals surface area contributed by atoms with Gasteiger partial charge in [-0.1, -0.05) is 62.2 Å². The molecular formula is C23H37O3P. The summed E-state index contributed by atoms with van der Waals surface area (Å²) in [4.78, 5) is 0. The van der Waals surface area contributed by atoms with E-state index in [-0.39, 0.29) is 24.0 Å². The molecule has 3 nitrogen and oxygen atoms in total. The second-order valence-corrected chi connectivity index (χ2v) is 8.18. The normalized spacial score (nSPS) is 26.7. The third-order valence-corrected chi connectivity index (χ3v) is 6.32.